The van der Waals surface area contributed by atoms with Crippen molar-refractivity contribution in [1.82, 2.24) is 10.2 Å². The Balaban J connectivity index is 2.15. The van der Waals surface area contributed by atoms with Gasteiger partial charge >= 0.3 is 0 Å². The Labute approximate surface area is 119 Å². The summed E-state index contributed by atoms with van der Waals surface area (Å²) in [7, 11) is 1.48. The number of ether oxygens (including phenoxy) is 1. The number of hydrogen-bond acceptors (Lipinski definition) is 4. The van der Waals surface area contributed by atoms with Crippen LogP contribution in [0.2, 0.25) is 0 Å². The van der Waals surface area contributed by atoms with E-state index in [4.69, 9.17) is 4.74 Å². The molecule has 5 heteroatoms. The molecule has 2 N–H and O–H groups in total. The lowest BCUT2D eigenvalue weighted by atomic mass is 10.1. The third kappa shape index (κ3) is 3.04. The number of methoxy groups -OCH3 is 1. The first-order valence-corrected chi connectivity index (χ1v) is 7.06. The van der Waals surface area contributed by atoms with Crippen LogP contribution in [0.5, 0.6) is 11.5 Å². The molecule has 1 aliphatic heterocycles. The molecule has 1 atom stereocenters. The Bertz CT molecular complexity index is 470. The molecule has 0 radical (unpaired) electrons. The number of aromatic hydroxyl groups is 1. The number of nitrogens with one attached hydrogen (secondary N) is 1. The van der Waals surface area contributed by atoms with Crippen LogP contribution in [0, 0.1) is 0 Å². The van der Waals surface area contributed by atoms with Gasteiger partial charge in [0.25, 0.3) is 5.91 Å². The summed E-state index contributed by atoms with van der Waals surface area (Å²) in [5.74, 6) is 0.0846. The maximum atomic E-state index is 12.5. The monoisotopic (exact) mass is 278 g/mol. The quantitative estimate of drug-likeness (QED) is 0.859. The Kier molecular flexibility index (Phi) is 4.84. The average molecular weight is 278 g/mol. The molecule has 0 bridgehead atoms. The summed E-state index contributed by atoms with van der Waals surface area (Å²) < 4.78 is 5.05. The van der Waals surface area contributed by atoms with E-state index >= 15 is 0 Å². The first kappa shape index (κ1) is 14.7. The summed E-state index contributed by atoms with van der Waals surface area (Å²) in [6, 6.07) is 5.34. The van der Waals surface area contributed by atoms with Crippen molar-refractivity contribution in [2.75, 3.05) is 26.7 Å². The summed E-state index contributed by atoms with van der Waals surface area (Å²) >= 11 is 0. The lowest BCUT2D eigenvalue weighted by Crippen LogP contribution is -2.41. The second-order valence-electron chi connectivity index (χ2n) is 4.99. The Morgan fingerprint density at radius 3 is 2.95 bits per heavy atom. The number of phenols is 1. The van der Waals surface area contributed by atoms with E-state index in [0.717, 1.165) is 19.4 Å². The summed E-state index contributed by atoms with van der Waals surface area (Å²) in [6.45, 7) is 4.25. The second-order valence-corrected chi connectivity index (χ2v) is 4.99. The van der Waals surface area contributed by atoms with Crippen molar-refractivity contribution in [1.29, 1.82) is 0 Å². The van der Waals surface area contributed by atoms with Crippen LogP contribution < -0.4 is 10.1 Å². The van der Waals surface area contributed by atoms with E-state index in [1.54, 1.807) is 23.1 Å². The van der Waals surface area contributed by atoms with Crippen LogP contribution in [0.25, 0.3) is 0 Å². The van der Waals surface area contributed by atoms with Gasteiger partial charge < -0.3 is 20.1 Å². The van der Waals surface area contributed by atoms with Gasteiger partial charge in [0.2, 0.25) is 0 Å². The van der Waals surface area contributed by atoms with Crippen LogP contribution in [-0.2, 0) is 0 Å². The van der Waals surface area contributed by atoms with Gasteiger partial charge in [-0.25, -0.2) is 0 Å². The van der Waals surface area contributed by atoms with Gasteiger partial charge in [0.05, 0.1) is 12.7 Å². The molecule has 0 spiro atoms. The standard InChI is InChI=1S/C15H22N2O3/c1-3-17(10-11-6-5-9-16-11)15(19)12-7-4-8-13(20-2)14(12)18/h4,7-8,11,16,18H,3,5-6,9-10H2,1-2H3. The Morgan fingerprint density at radius 1 is 1.55 bits per heavy atom. The van der Waals surface area contributed by atoms with E-state index in [2.05, 4.69) is 5.32 Å². The zero-order chi connectivity index (χ0) is 14.5. The Hall–Kier alpha value is -1.75. The SMILES string of the molecule is CCN(CC1CCCN1)C(=O)c1cccc(OC)c1O. The van der Waals surface area contributed by atoms with Crippen LogP contribution in [0.4, 0.5) is 0 Å². The topological polar surface area (TPSA) is 61.8 Å². The normalized spacial score (nSPS) is 18.0. The maximum absolute atomic E-state index is 12.5. The average Bonchev–Trinajstić information content (AvgIpc) is 2.97. The molecule has 2 rings (SSSR count). The van der Waals surface area contributed by atoms with E-state index in [9.17, 15) is 9.90 Å². The fourth-order valence-electron chi connectivity index (χ4n) is 2.56. The van der Waals surface area contributed by atoms with E-state index in [1.807, 2.05) is 6.92 Å². The molecular weight excluding hydrogens is 256 g/mol. The highest BCUT2D eigenvalue weighted by molar-refractivity contribution is 5.97. The number of phenolic OH excluding ortho intramolecular Hbond substituents is 1. The second kappa shape index (κ2) is 6.61. The van der Waals surface area contributed by atoms with Crippen LogP contribution >= 0.6 is 0 Å². The van der Waals surface area contributed by atoms with Gasteiger partial charge in [-0.1, -0.05) is 6.07 Å². The maximum Gasteiger partial charge on any atom is 0.257 e. The van der Waals surface area contributed by atoms with Gasteiger partial charge in [0, 0.05) is 19.1 Å². The number of hydrogen-bond donors (Lipinski definition) is 2. The molecule has 1 aromatic carbocycles. The minimum Gasteiger partial charge on any atom is -0.504 e. The number of carbonyl (C=O) groups excluding carboxylic acids is 1. The third-order valence-electron chi connectivity index (χ3n) is 3.72. The van der Waals surface area contributed by atoms with Gasteiger partial charge in [-0.2, -0.15) is 0 Å². The molecule has 0 saturated carbocycles. The lowest BCUT2D eigenvalue weighted by molar-refractivity contribution is 0.0747. The summed E-state index contributed by atoms with van der Waals surface area (Å²) in [4.78, 5) is 14.3. The van der Waals surface area contributed by atoms with Gasteiger partial charge in [-0.05, 0) is 38.4 Å². The molecule has 1 unspecified atom stereocenters. The Morgan fingerprint density at radius 2 is 2.35 bits per heavy atom. The first-order chi connectivity index (χ1) is 9.67. The van der Waals surface area contributed by atoms with E-state index in [1.165, 1.54) is 7.11 Å². The number of nitrogens with zero attached hydrogens (tertiary/aromatic N) is 1. The minimum atomic E-state index is -0.155. The van der Waals surface area contributed by atoms with Crippen molar-refractivity contribution in [3.63, 3.8) is 0 Å². The van der Waals surface area contributed by atoms with Crippen molar-refractivity contribution < 1.29 is 14.6 Å². The van der Waals surface area contributed by atoms with Crippen molar-refractivity contribution in [3.05, 3.63) is 23.8 Å². The molecule has 20 heavy (non-hydrogen) atoms. The predicted octanol–water partition coefficient (Wildman–Crippen LogP) is 1.61. The zero-order valence-electron chi connectivity index (χ0n) is 12.1. The number of likely N-dealkylation sites (N-methyl/N-ethyl adjacent to an activating group) is 1. The van der Waals surface area contributed by atoms with Crippen LogP contribution in [0.3, 0.4) is 0 Å². The third-order valence-corrected chi connectivity index (χ3v) is 3.72. The number of rotatable bonds is 5. The van der Waals surface area contributed by atoms with Gasteiger partial charge in [0.1, 0.15) is 0 Å². The summed E-state index contributed by atoms with van der Waals surface area (Å²) in [5.41, 5.74) is 0.296. The summed E-state index contributed by atoms with van der Waals surface area (Å²) in [6.07, 6.45) is 2.24. The van der Waals surface area contributed by atoms with Crippen molar-refractivity contribution in [3.8, 4) is 11.5 Å². The largest absolute Gasteiger partial charge is 0.504 e. The molecule has 1 aromatic rings. The molecule has 1 saturated heterocycles. The van der Waals surface area contributed by atoms with Crippen molar-refractivity contribution in [2.45, 2.75) is 25.8 Å². The van der Waals surface area contributed by atoms with Gasteiger partial charge in [-0.15, -0.1) is 0 Å². The predicted molar refractivity (Wildman–Crippen MR) is 77.3 cm³/mol. The molecule has 110 valence electrons. The van der Waals surface area contributed by atoms with E-state index < -0.39 is 0 Å². The van der Waals surface area contributed by atoms with Crippen LogP contribution in [0.1, 0.15) is 30.1 Å². The molecule has 1 fully saturated rings. The van der Waals surface area contributed by atoms with Crippen molar-refractivity contribution in [2.24, 2.45) is 0 Å². The molecule has 1 aliphatic rings. The van der Waals surface area contributed by atoms with Crippen molar-refractivity contribution >= 4 is 5.91 Å². The lowest BCUT2D eigenvalue weighted by Gasteiger charge is -2.25. The fraction of sp³-hybridized carbons (Fsp3) is 0.533. The highest BCUT2D eigenvalue weighted by atomic mass is 16.5. The van der Waals surface area contributed by atoms with E-state index in [0.29, 0.717) is 30.4 Å². The smallest absolute Gasteiger partial charge is 0.257 e. The van der Waals surface area contributed by atoms with Gasteiger partial charge in [-0.3, -0.25) is 4.79 Å². The minimum absolute atomic E-state index is 0.0853. The van der Waals surface area contributed by atoms with Crippen LogP contribution in [-0.4, -0.2) is 48.7 Å². The zero-order valence-corrected chi connectivity index (χ0v) is 12.1. The molecule has 5 nitrogen and oxygen atoms in total. The molecule has 1 amide bonds. The van der Waals surface area contributed by atoms with E-state index in [-0.39, 0.29) is 11.7 Å². The molecule has 0 aromatic heterocycles. The number of carbonyl (C=O) groups is 1. The molecular formula is C15H22N2O3. The molecule has 1 heterocycles. The van der Waals surface area contributed by atoms with Gasteiger partial charge in [0.15, 0.2) is 11.5 Å². The number of para-hydroxylation sites is 1. The highest BCUT2D eigenvalue weighted by Gasteiger charge is 2.24. The number of benzene rings is 1. The fourth-order valence-corrected chi connectivity index (χ4v) is 2.56. The summed E-state index contributed by atoms with van der Waals surface area (Å²) in [5, 5.41) is 13.5. The number of amides is 1. The first-order valence-electron chi connectivity index (χ1n) is 7.06. The van der Waals surface area contributed by atoms with Crippen LogP contribution in [0.15, 0.2) is 18.2 Å². The highest BCUT2D eigenvalue weighted by Crippen LogP contribution is 2.30. The molecule has 0 aliphatic carbocycles.